The molecule has 0 radical (unpaired) electrons. The van der Waals surface area contributed by atoms with Crippen molar-refractivity contribution in [1.82, 2.24) is 9.97 Å². The summed E-state index contributed by atoms with van der Waals surface area (Å²) < 4.78 is 14.2. The minimum Gasteiger partial charge on any atom is -0.306 e. The van der Waals surface area contributed by atoms with Gasteiger partial charge in [-0.3, -0.25) is 4.79 Å². The SMILES string of the molecule is O=c1[nH]c(-c2ccccc2-c2ccccc2F)nc2ccccc12. The molecule has 4 aromatic rings. The van der Waals surface area contributed by atoms with Gasteiger partial charge in [-0.1, -0.05) is 54.6 Å². The molecule has 0 saturated carbocycles. The lowest BCUT2D eigenvalue weighted by Crippen LogP contribution is -2.09. The fraction of sp³-hybridized carbons (Fsp3) is 0. The molecule has 0 spiro atoms. The van der Waals surface area contributed by atoms with Crippen LogP contribution in [0.2, 0.25) is 0 Å². The highest BCUT2D eigenvalue weighted by Gasteiger charge is 2.13. The number of hydrogen-bond donors (Lipinski definition) is 1. The van der Waals surface area contributed by atoms with Crippen LogP contribution in [0.5, 0.6) is 0 Å². The molecule has 0 aliphatic carbocycles. The number of fused-ring (bicyclic) bond motifs is 1. The van der Waals surface area contributed by atoms with Crippen molar-refractivity contribution in [2.75, 3.05) is 0 Å². The Morgan fingerprint density at radius 3 is 2.17 bits per heavy atom. The Hall–Kier alpha value is -3.27. The van der Waals surface area contributed by atoms with E-state index >= 15 is 0 Å². The maximum Gasteiger partial charge on any atom is 0.259 e. The van der Waals surface area contributed by atoms with Gasteiger partial charge in [0.15, 0.2) is 0 Å². The minimum absolute atomic E-state index is 0.209. The van der Waals surface area contributed by atoms with Crippen molar-refractivity contribution in [1.29, 1.82) is 0 Å². The summed E-state index contributed by atoms with van der Waals surface area (Å²) in [5, 5.41) is 0.532. The van der Waals surface area contributed by atoms with Crippen LogP contribution in [0.4, 0.5) is 4.39 Å². The fourth-order valence-corrected chi connectivity index (χ4v) is 2.82. The van der Waals surface area contributed by atoms with Gasteiger partial charge in [0.2, 0.25) is 0 Å². The summed E-state index contributed by atoms with van der Waals surface area (Å²) in [5.41, 5.74) is 2.25. The first-order valence-corrected chi connectivity index (χ1v) is 7.57. The van der Waals surface area contributed by atoms with Crippen molar-refractivity contribution in [2.24, 2.45) is 0 Å². The maximum atomic E-state index is 14.2. The van der Waals surface area contributed by atoms with Crippen molar-refractivity contribution < 1.29 is 4.39 Å². The molecule has 4 heteroatoms. The van der Waals surface area contributed by atoms with E-state index in [0.717, 1.165) is 0 Å². The summed E-state index contributed by atoms with van der Waals surface area (Å²) in [5.74, 6) is 0.116. The molecule has 0 fully saturated rings. The number of nitrogens with zero attached hydrogens (tertiary/aromatic N) is 1. The van der Waals surface area contributed by atoms with Crippen molar-refractivity contribution in [2.45, 2.75) is 0 Å². The van der Waals surface area contributed by atoms with E-state index in [1.807, 2.05) is 30.3 Å². The van der Waals surface area contributed by atoms with E-state index in [2.05, 4.69) is 9.97 Å². The van der Waals surface area contributed by atoms with Gasteiger partial charge < -0.3 is 4.98 Å². The van der Waals surface area contributed by atoms with E-state index < -0.39 is 0 Å². The van der Waals surface area contributed by atoms with Crippen molar-refractivity contribution in [3.63, 3.8) is 0 Å². The number of benzene rings is 3. The molecule has 0 unspecified atom stereocenters. The highest BCUT2D eigenvalue weighted by Crippen LogP contribution is 2.31. The minimum atomic E-state index is -0.312. The summed E-state index contributed by atoms with van der Waals surface area (Å²) in [6.45, 7) is 0. The van der Waals surface area contributed by atoms with Gasteiger partial charge in [-0.2, -0.15) is 0 Å². The third-order valence-corrected chi connectivity index (χ3v) is 3.96. The van der Waals surface area contributed by atoms with Crippen LogP contribution < -0.4 is 5.56 Å². The molecule has 0 aliphatic heterocycles. The normalized spacial score (nSPS) is 10.9. The number of H-pyrrole nitrogens is 1. The maximum absolute atomic E-state index is 14.2. The lowest BCUT2D eigenvalue weighted by Gasteiger charge is -2.10. The molecular weight excluding hydrogens is 303 g/mol. The van der Waals surface area contributed by atoms with Gasteiger partial charge >= 0.3 is 0 Å². The van der Waals surface area contributed by atoms with Crippen LogP contribution in [0, 0.1) is 5.82 Å². The molecule has 0 aliphatic rings. The zero-order valence-electron chi connectivity index (χ0n) is 12.7. The second kappa shape index (κ2) is 5.74. The van der Waals surface area contributed by atoms with Gasteiger partial charge in [0.1, 0.15) is 11.6 Å². The van der Waals surface area contributed by atoms with E-state index in [-0.39, 0.29) is 11.4 Å². The molecule has 1 heterocycles. The average molecular weight is 316 g/mol. The topological polar surface area (TPSA) is 45.8 Å². The molecule has 1 aromatic heterocycles. The molecule has 3 aromatic carbocycles. The van der Waals surface area contributed by atoms with Crippen LogP contribution in [0.15, 0.2) is 77.6 Å². The zero-order valence-corrected chi connectivity index (χ0v) is 12.7. The Bertz CT molecular complexity index is 1100. The van der Waals surface area contributed by atoms with E-state index in [0.29, 0.717) is 33.4 Å². The van der Waals surface area contributed by atoms with Gasteiger partial charge in [-0.05, 0) is 23.8 Å². The van der Waals surface area contributed by atoms with Crippen LogP contribution in [-0.2, 0) is 0 Å². The van der Waals surface area contributed by atoms with Gasteiger partial charge in [0.25, 0.3) is 5.56 Å². The molecule has 0 amide bonds. The van der Waals surface area contributed by atoms with E-state index in [4.69, 9.17) is 0 Å². The number of para-hydroxylation sites is 1. The highest BCUT2D eigenvalue weighted by atomic mass is 19.1. The molecule has 4 rings (SSSR count). The first-order valence-electron chi connectivity index (χ1n) is 7.57. The zero-order chi connectivity index (χ0) is 16.5. The average Bonchev–Trinajstić information content (AvgIpc) is 2.62. The molecule has 24 heavy (non-hydrogen) atoms. The molecule has 0 bridgehead atoms. The Labute approximate surface area is 137 Å². The first-order chi connectivity index (χ1) is 11.7. The van der Waals surface area contributed by atoms with Gasteiger partial charge in [0.05, 0.1) is 10.9 Å². The quantitative estimate of drug-likeness (QED) is 0.596. The highest BCUT2D eigenvalue weighted by molar-refractivity contribution is 5.84. The predicted octanol–water partition coefficient (Wildman–Crippen LogP) is 4.40. The number of hydrogen-bond acceptors (Lipinski definition) is 2. The van der Waals surface area contributed by atoms with Crippen LogP contribution >= 0.6 is 0 Å². The van der Waals surface area contributed by atoms with Crippen LogP contribution in [-0.4, -0.2) is 9.97 Å². The first kappa shape index (κ1) is 14.3. The van der Waals surface area contributed by atoms with Crippen molar-refractivity contribution in [3.8, 4) is 22.5 Å². The molecule has 0 atom stereocenters. The monoisotopic (exact) mass is 316 g/mol. The Balaban J connectivity index is 1.99. The standard InChI is InChI=1S/C20H13FN2O/c21-17-11-5-3-8-14(17)13-7-1-2-9-15(13)19-22-18-12-6-4-10-16(18)20(24)23-19/h1-12H,(H,22,23,24). The molecular formula is C20H13FN2O. The summed E-state index contributed by atoms with van der Waals surface area (Å²) >= 11 is 0. The summed E-state index contributed by atoms with van der Waals surface area (Å²) in [6, 6.07) is 21.1. The van der Waals surface area contributed by atoms with Gasteiger partial charge in [0, 0.05) is 11.1 Å². The van der Waals surface area contributed by atoms with E-state index in [1.165, 1.54) is 6.07 Å². The Kier molecular flexibility index (Phi) is 3.43. The third kappa shape index (κ3) is 2.38. The fourth-order valence-electron chi connectivity index (χ4n) is 2.82. The summed E-state index contributed by atoms with van der Waals surface area (Å²) in [7, 11) is 0. The van der Waals surface area contributed by atoms with Crippen LogP contribution in [0.1, 0.15) is 0 Å². The number of aromatic amines is 1. The number of rotatable bonds is 2. The lowest BCUT2D eigenvalue weighted by atomic mass is 9.98. The summed E-state index contributed by atoms with van der Waals surface area (Å²) in [6.07, 6.45) is 0. The molecule has 3 nitrogen and oxygen atoms in total. The van der Waals surface area contributed by atoms with E-state index in [9.17, 15) is 9.18 Å². The van der Waals surface area contributed by atoms with Gasteiger partial charge in [-0.15, -0.1) is 0 Å². The molecule has 116 valence electrons. The van der Waals surface area contributed by atoms with Crippen molar-refractivity contribution >= 4 is 10.9 Å². The number of nitrogens with one attached hydrogen (secondary N) is 1. The second-order valence-electron chi connectivity index (χ2n) is 5.46. The number of halogens is 1. The Morgan fingerprint density at radius 1 is 0.750 bits per heavy atom. The number of aromatic nitrogens is 2. The largest absolute Gasteiger partial charge is 0.306 e. The van der Waals surface area contributed by atoms with Gasteiger partial charge in [-0.25, -0.2) is 9.37 Å². The lowest BCUT2D eigenvalue weighted by molar-refractivity contribution is 0.631. The van der Waals surface area contributed by atoms with E-state index in [1.54, 1.807) is 36.4 Å². The van der Waals surface area contributed by atoms with Crippen LogP contribution in [0.3, 0.4) is 0 Å². The smallest absolute Gasteiger partial charge is 0.259 e. The predicted molar refractivity (Wildman–Crippen MR) is 93.2 cm³/mol. The third-order valence-electron chi connectivity index (χ3n) is 3.96. The van der Waals surface area contributed by atoms with Crippen molar-refractivity contribution in [3.05, 3.63) is 89.0 Å². The molecule has 0 saturated heterocycles. The second-order valence-corrected chi connectivity index (χ2v) is 5.46. The van der Waals surface area contributed by atoms with Crippen LogP contribution in [0.25, 0.3) is 33.4 Å². The summed E-state index contributed by atoms with van der Waals surface area (Å²) in [4.78, 5) is 19.7. The molecule has 1 N–H and O–H groups in total. The Morgan fingerprint density at radius 2 is 1.38 bits per heavy atom.